The minimum atomic E-state index is -3.76. The number of hydrogen-bond donors (Lipinski definition) is 0. The van der Waals surface area contributed by atoms with Crippen molar-refractivity contribution < 1.29 is 17.9 Å². The van der Waals surface area contributed by atoms with Crippen molar-refractivity contribution in [1.82, 2.24) is 9.29 Å². The van der Waals surface area contributed by atoms with Gasteiger partial charge < -0.3 is 4.74 Å². The Morgan fingerprint density at radius 2 is 2.17 bits per heavy atom. The lowest BCUT2D eigenvalue weighted by Gasteiger charge is -2.18. The fourth-order valence-corrected chi connectivity index (χ4v) is 4.55. The lowest BCUT2D eigenvalue weighted by atomic mass is 10.6. The molecule has 0 aliphatic rings. The number of rotatable bonds is 5. The van der Waals surface area contributed by atoms with E-state index in [4.69, 9.17) is 11.6 Å². The van der Waals surface area contributed by atoms with Crippen molar-refractivity contribution in [1.29, 1.82) is 0 Å². The first-order valence-corrected chi connectivity index (χ1v) is 7.66. The Morgan fingerprint density at radius 1 is 1.56 bits per heavy atom. The van der Waals surface area contributed by atoms with Gasteiger partial charge in [0.25, 0.3) is 10.0 Å². The molecule has 0 unspecified atom stereocenters. The van der Waals surface area contributed by atoms with Crippen LogP contribution in [-0.4, -0.2) is 43.9 Å². The zero-order valence-electron chi connectivity index (χ0n) is 10.1. The Labute approximate surface area is 115 Å². The van der Waals surface area contributed by atoms with Crippen molar-refractivity contribution in [3.63, 3.8) is 0 Å². The van der Waals surface area contributed by atoms with Crippen LogP contribution in [0.5, 0.6) is 0 Å². The first-order valence-electron chi connectivity index (χ1n) is 5.02. The minimum Gasteiger partial charge on any atom is -0.468 e. The van der Waals surface area contributed by atoms with Gasteiger partial charge in [-0.15, -0.1) is 0 Å². The molecular weight excluding hydrogens is 300 g/mol. The van der Waals surface area contributed by atoms with Crippen LogP contribution in [0.15, 0.2) is 4.21 Å². The summed E-state index contributed by atoms with van der Waals surface area (Å²) in [5.41, 5.74) is 0.327. The predicted molar refractivity (Wildman–Crippen MR) is 68.3 cm³/mol. The zero-order valence-corrected chi connectivity index (χ0v) is 12.5. The normalized spacial score (nSPS) is 11.8. The third kappa shape index (κ3) is 3.19. The van der Waals surface area contributed by atoms with Gasteiger partial charge in [-0.3, -0.25) is 4.79 Å². The van der Waals surface area contributed by atoms with Crippen LogP contribution in [0.4, 0.5) is 0 Å². The van der Waals surface area contributed by atoms with Crippen molar-refractivity contribution in [3.05, 3.63) is 10.2 Å². The molecular formula is C9H13ClN2O4S2. The molecule has 1 rings (SSSR count). The summed E-state index contributed by atoms with van der Waals surface area (Å²) in [5.74, 6) is -0.617. The molecule has 0 fully saturated rings. The van der Waals surface area contributed by atoms with Crippen molar-refractivity contribution in [2.24, 2.45) is 0 Å². The molecule has 0 atom stereocenters. The van der Waals surface area contributed by atoms with Crippen LogP contribution >= 0.6 is 22.9 Å². The molecule has 0 spiro atoms. The summed E-state index contributed by atoms with van der Waals surface area (Å²) < 4.78 is 30.3. The topological polar surface area (TPSA) is 76.6 Å². The molecule has 0 radical (unpaired) electrons. The van der Waals surface area contributed by atoms with Gasteiger partial charge in [-0.05, 0) is 6.92 Å². The predicted octanol–water partition coefficient (Wildman–Crippen LogP) is 1.29. The third-order valence-corrected chi connectivity index (χ3v) is 5.96. The van der Waals surface area contributed by atoms with E-state index in [1.54, 1.807) is 13.8 Å². The minimum absolute atomic E-state index is 0.0539. The van der Waals surface area contributed by atoms with Crippen LogP contribution in [0.1, 0.15) is 12.6 Å². The molecule has 0 aliphatic carbocycles. The molecule has 1 aromatic rings. The SMILES string of the molecule is CCN(CC(=O)OC)S(=O)(=O)c1sc(Cl)nc1C. The van der Waals surface area contributed by atoms with E-state index >= 15 is 0 Å². The lowest BCUT2D eigenvalue weighted by molar-refractivity contribution is -0.140. The Balaban J connectivity index is 3.11. The summed E-state index contributed by atoms with van der Waals surface area (Å²) in [6, 6.07) is 0. The van der Waals surface area contributed by atoms with E-state index < -0.39 is 16.0 Å². The standard InChI is InChI=1S/C9H13ClN2O4S2/c1-4-12(5-7(13)16-3)18(14,15)8-6(2)11-9(10)17-8/h4-5H2,1-3H3. The maximum absolute atomic E-state index is 12.3. The number of esters is 1. The van der Waals surface area contributed by atoms with E-state index in [1.165, 1.54) is 7.11 Å². The van der Waals surface area contributed by atoms with Gasteiger partial charge in [-0.2, -0.15) is 4.31 Å². The van der Waals surface area contributed by atoms with Gasteiger partial charge in [0.2, 0.25) is 0 Å². The number of likely N-dealkylation sites (N-methyl/N-ethyl adjacent to an activating group) is 1. The first-order chi connectivity index (χ1) is 8.32. The van der Waals surface area contributed by atoms with Crippen molar-refractivity contribution >= 4 is 38.9 Å². The monoisotopic (exact) mass is 312 g/mol. The Bertz CT molecular complexity index is 541. The van der Waals surface area contributed by atoms with Crippen LogP contribution in [-0.2, 0) is 19.6 Å². The number of carbonyl (C=O) groups excluding carboxylic acids is 1. The third-order valence-electron chi connectivity index (χ3n) is 2.19. The van der Waals surface area contributed by atoms with Gasteiger partial charge >= 0.3 is 5.97 Å². The number of aryl methyl sites for hydroxylation is 1. The van der Waals surface area contributed by atoms with Crippen LogP contribution in [0.3, 0.4) is 0 Å². The molecule has 102 valence electrons. The largest absolute Gasteiger partial charge is 0.468 e. The second-order valence-electron chi connectivity index (χ2n) is 3.35. The number of halogens is 1. The highest BCUT2D eigenvalue weighted by atomic mass is 35.5. The molecule has 1 heterocycles. The molecule has 0 N–H and O–H groups in total. The maximum atomic E-state index is 12.3. The molecule has 0 bridgehead atoms. The number of thiazole rings is 1. The maximum Gasteiger partial charge on any atom is 0.321 e. The fraction of sp³-hybridized carbons (Fsp3) is 0.556. The van der Waals surface area contributed by atoms with Crippen molar-refractivity contribution in [2.75, 3.05) is 20.2 Å². The molecule has 6 nitrogen and oxygen atoms in total. The summed E-state index contributed by atoms with van der Waals surface area (Å²) in [6.07, 6.45) is 0. The Morgan fingerprint density at radius 3 is 2.56 bits per heavy atom. The molecule has 0 saturated carbocycles. The number of hydrogen-bond acceptors (Lipinski definition) is 6. The Hall–Kier alpha value is -0.700. The summed E-state index contributed by atoms with van der Waals surface area (Å²) in [5, 5.41) is 0. The number of sulfonamides is 1. The van der Waals surface area contributed by atoms with E-state index in [1.807, 2.05) is 0 Å². The summed E-state index contributed by atoms with van der Waals surface area (Å²) in [4.78, 5) is 15.0. The highest BCUT2D eigenvalue weighted by Crippen LogP contribution is 2.29. The summed E-state index contributed by atoms with van der Waals surface area (Å²) >= 11 is 6.56. The molecule has 18 heavy (non-hydrogen) atoms. The summed E-state index contributed by atoms with van der Waals surface area (Å²) in [7, 11) is -2.56. The highest BCUT2D eigenvalue weighted by Gasteiger charge is 2.29. The van der Waals surface area contributed by atoms with E-state index in [9.17, 15) is 13.2 Å². The second-order valence-corrected chi connectivity index (χ2v) is 7.06. The van der Waals surface area contributed by atoms with E-state index in [0.29, 0.717) is 5.69 Å². The average molecular weight is 313 g/mol. The second kappa shape index (κ2) is 5.96. The van der Waals surface area contributed by atoms with Crippen LogP contribution < -0.4 is 0 Å². The van der Waals surface area contributed by atoms with Gasteiger partial charge in [0.15, 0.2) is 8.68 Å². The van der Waals surface area contributed by atoms with Crippen LogP contribution in [0, 0.1) is 6.92 Å². The van der Waals surface area contributed by atoms with E-state index in [2.05, 4.69) is 9.72 Å². The highest BCUT2D eigenvalue weighted by molar-refractivity contribution is 7.91. The van der Waals surface area contributed by atoms with Gasteiger partial charge in [0, 0.05) is 6.54 Å². The molecule has 9 heteroatoms. The van der Waals surface area contributed by atoms with Crippen molar-refractivity contribution in [2.45, 2.75) is 18.1 Å². The molecule has 0 amide bonds. The number of carbonyl (C=O) groups is 1. The van der Waals surface area contributed by atoms with E-state index in [-0.39, 0.29) is 21.8 Å². The number of methoxy groups -OCH3 is 1. The number of aromatic nitrogens is 1. The van der Waals surface area contributed by atoms with Gasteiger partial charge in [0.1, 0.15) is 6.54 Å². The zero-order chi connectivity index (χ0) is 13.9. The quantitative estimate of drug-likeness (QED) is 0.766. The van der Waals surface area contributed by atoms with Gasteiger partial charge in [-0.25, -0.2) is 13.4 Å². The molecule has 1 aromatic heterocycles. The number of ether oxygens (including phenoxy) is 1. The number of nitrogens with zero attached hydrogens (tertiary/aromatic N) is 2. The van der Waals surface area contributed by atoms with Gasteiger partial charge in [-0.1, -0.05) is 29.9 Å². The van der Waals surface area contributed by atoms with E-state index in [0.717, 1.165) is 15.6 Å². The molecule has 0 aromatic carbocycles. The fourth-order valence-electron chi connectivity index (χ4n) is 1.28. The smallest absolute Gasteiger partial charge is 0.321 e. The average Bonchev–Trinajstić information content (AvgIpc) is 2.65. The Kier molecular flexibility index (Phi) is 5.09. The lowest BCUT2D eigenvalue weighted by Crippen LogP contribution is -2.35. The molecule has 0 aliphatic heterocycles. The molecule has 0 saturated heterocycles. The van der Waals surface area contributed by atoms with Crippen LogP contribution in [0.25, 0.3) is 0 Å². The van der Waals surface area contributed by atoms with Crippen molar-refractivity contribution in [3.8, 4) is 0 Å². The summed E-state index contributed by atoms with van der Waals surface area (Å²) in [6.45, 7) is 3.02. The van der Waals surface area contributed by atoms with Crippen LogP contribution in [0.2, 0.25) is 4.47 Å². The first kappa shape index (κ1) is 15.4. The van der Waals surface area contributed by atoms with Gasteiger partial charge in [0.05, 0.1) is 12.8 Å².